The summed E-state index contributed by atoms with van der Waals surface area (Å²) >= 11 is 0. The Labute approximate surface area is 116 Å². The van der Waals surface area contributed by atoms with Crippen molar-refractivity contribution in [3.8, 4) is 0 Å². The maximum absolute atomic E-state index is 13.6. The van der Waals surface area contributed by atoms with Crippen LogP contribution in [0, 0.1) is 11.6 Å². The van der Waals surface area contributed by atoms with E-state index >= 15 is 0 Å². The Morgan fingerprint density at radius 2 is 2.25 bits per heavy atom. The second kappa shape index (κ2) is 5.32. The number of fused-ring (bicyclic) bond motifs is 1. The van der Waals surface area contributed by atoms with Crippen LogP contribution in [-0.2, 0) is 20.0 Å². The Morgan fingerprint density at radius 1 is 1.40 bits per heavy atom. The van der Waals surface area contributed by atoms with Crippen LogP contribution >= 0.6 is 0 Å². The fraction of sp³-hybridized carbons (Fsp3) is 0.400. The maximum atomic E-state index is 13.6. The third-order valence-electron chi connectivity index (χ3n) is 3.92. The van der Waals surface area contributed by atoms with Crippen molar-refractivity contribution in [3.63, 3.8) is 0 Å². The van der Waals surface area contributed by atoms with Crippen LogP contribution in [0.15, 0.2) is 24.4 Å². The van der Waals surface area contributed by atoms with Crippen LogP contribution in [0.25, 0.3) is 0 Å². The summed E-state index contributed by atoms with van der Waals surface area (Å²) in [5, 5.41) is 7.59. The Balaban J connectivity index is 1.75. The minimum absolute atomic E-state index is 0.162. The first kappa shape index (κ1) is 13.2. The smallest absolute Gasteiger partial charge is 0.127 e. The highest BCUT2D eigenvalue weighted by Crippen LogP contribution is 2.29. The molecule has 1 aliphatic rings. The first-order chi connectivity index (χ1) is 9.65. The van der Waals surface area contributed by atoms with Crippen LogP contribution < -0.4 is 5.32 Å². The average Bonchev–Trinajstić information content (AvgIpc) is 2.82. The Hall–Kier alpha value is -1.75. The third kappa shape index (κ3) is 2.45. The molecule has 1 unspecified atom stereocenters. The van der Waals surface area contributed by atoms with Gasteiger partial charge in [-0.3, -0.25) is 4.68 Å². The van der Waals surface area contributed by atoms with Gasteiger partial charge in [-0.2, -0.15) is 5.10 Å². The van der Waals surface area contributed by atoms with Crippen LogP contribution in [-0.4, -0.2) is 9.78 Å². The molecule has 1 heterocycles. The molecule has 5 heteroatoms. The summed E-state index contributed by atoms with van der Waals surface area (Å²) in [6.07, 6.45) is 4.97. The van der Waals surface area contributed by atoms with E-state index in [0.29, 0.717) is 12.1 Å². The van der Waals surface area contributed by atoms with Gasteiger partial charge in [0, 0.05) is 36.5 Å². The van der Waals surface area contributed by atoms with Crippen molar-refractivity contribution in [2.45, 2.75) is 31.8 Å². The van der Waals surface area contributed by atoms with Gasteiger partial charge in [0.15, 0.2) is 0 Å². The average molecular weight is 277 g/mol. The minimum atomic E-state index is -0.408. The molecule has 2 aromatic rings. The zero-order chi connectivity index (χ0) is 14.1. The summed E-state index contributed by atoms with van der Waals surface area (Å²) in [5.41, 5.74) is 2.77. The first-order valence-corrected chi connectivity index (χ1v) is 6.83. The predicted molar refractivity (Wildman–Crippen MR) is 72.1 cm³/mol. The van der Waals surface area contributed by atoms with Crippen LogP contribution in [0.2, 0.25) is 0 Å². The number of hydrogen-bond donors (Lipinski definition) is 1. The second-order valence-electron chi connectivity index (χ2n) is 5.23. The van der Waals surface area contributed by atoms with Crippen molar-refractivity contribution in [2.24, 2.45) is 7.05 Å². The van der Waals surface area contributed by atoms with Crippen LogP contribution in [0.5, 0.6) is 0 Å². The van der Waals surface area contributed by atoms with Gasteiger partial charge in [-0.1, -0.05) is 0 Å². The molecule has 1 aromatic heterocycles. The quantitative estimate of drug-likeness (QED) is 0.935. The van der Waals surface area contributed by atoms with Gasteiger partial charge in [-0.15, -0.1) is 0 Å². The van der Waals surface area contributed by atoms with E-state index < -0.39 is 5.82 Å². The van der Waals surface area contributed by atoms with E-state index in [1.54, 1.807) is 0 Å². The molecule has 0 amide bonds. The summed E-state index contributed by atoms with van der Waals surface area (Å²) in [4.78, 5) is 0. The summed E-state index contributed by atoms with van der Waals surface area (Å²) < 4.78 is 28.6. The number of nitrogens with zero attached hydrogens (tertiary/aromatic N) is 2. The molecule has 3 rings (SSSR count). The lowest BCUT2D eigenvalue weighted by Crippen LogP contribution is -2.25. The fourth-order valence-corrected chi connectivity index (χ4v) is 2.83. The molecule has 0 spiro atoms. The molecule has 20 heavy (non-hydrogen) atoms. The van der Waals surface area contributed by atoms with E-state index in [1.807, 2.05) is 17.9 Å². The molecule has 0 bridgehead atoms. The third-order valence-corrected chi connectivity index (χ3v) is 3.92. The molecule has 1 aromatic carbocycles. The molecule has 0 radical (unpaired) electrons. The summed E-state index contributed by atoms with van der Waals surface area (Å²) in [7, 11) is 1.94. The Bertz CT molecular complexity index is 622. The van der Waals surface area contributed by atoms with E-state index in [1.165, 1.54) is 23.4 Å². The number of halogens is 2. The molecular weight excluding hydrogens is 260 g/mol. The molecule has 1 N–H and O–H groups in total. The van der Waals surface area contributed by atoms with Crippen molar-refractivity contribution in [2.75, 3.05) is 0 Å². The Morgan fingerprint density at radius 3 is 3.10 bits per heavy atom. The van der Waals surface area contributed by atoms with E-state index in [-0.39, 0.29) is 11.9 Å². The van der Waals surface area contributed by atoms with Crippen molar-refractivity contribution in [3.05, 3.63) is 52.9 Å². The second-order valence-corrected chi connectivity index (χ2v) is 5.23. The lowest BCUT2D eigenvalue weighted by Gasteiger charge is -2.24. The first-order valence-electron chi connectivity index (χ1n) is 6.83. The number of aryl methyl sites for hydroxylation is 1. The largest absolute Gasteiger partial charge is 0.306 e. The van der Waals surface area contributed by atoms with E-state index in [0.717, 1.165) is 25.3 Å². The highest BCUT2D eigenvalue weighted by Gasteiger charge is 2.23. The van der Waals surface area contributed by atoms with Crippen LogP contribution in [0.3, 0.4) is 0 Å². The van der Waals surface area contributed by atoms with Gasteiger partial charge in [0.25, 0.3) is 0 Å². The van der Waals surface area contributed by atoms with Crippen molar-refractivity contribution >= 4 is 0 Å². The summed E-state index contributed by atoms with van der Waals surface area (Å²) in [6, 6.07) is 3.71. The van der Waals surface area contributed by atoms with Gasteiger partial charge in [0.05, 0.1) is 6.20 Å². The number of hydrogen-bond acceptors (Lipinski definition) is 2. The molecule has 1 atom stereocenters. The summed E-state index contributed by atoms with van der Waals surface area (Å²) in [5.74, 6) is -0.782. The monoisotopic (exact) mass is 277 g/mol. The number of benzene rings is 1. The number of nitrogens with one attached hydrogen (secondary N) is 1. The fourth-order valence-electron chi connectivity index (χ4n) is 2.83. The standard InChI is InChI=1S/C15H17F2N3/c1-20-15-4-2-3-14(12(15)9-19-20)18-8-10-7-11(16)5-6-13(10)17/h5-7,9,14,18H,2-4,8H2,1H3. The van der Waals surface area contributed by atoms with Crippen molar-refractivity contribution < 1.29 is 8.78 Å². The van der Waals surface area contributed by atoms with Gasteiger partial charge in [0.2, 0.25) is 0 Å². The number of aromatic nitrogens is 2. The number of rotatable bonds is 3. The molecule has 106 valence electrons. The topological polar surface area (TPSA) is 29.9 Å². The maximum Gasteiger partial charge on any atom is 0.127 e. The van der Waals surface area contributed by atoms with Gasteiger partial charge in [-0.25, -0.2) is 8.78 Å². The SMILES string of the molecule is Cn1ncc2c1CCCC2NCc1cc(F)ccc1F. The predicted octanol–water partition coefficient (Wildman–Crippen LogP) is 2.87. The molecular formula is C15H17F2N3. The molecule has 0 saturated carbocycles. The van der Waals surface area contributed by atoms with Crippen LogP contribution in [0.4, 0.5) is 8.78 Å². The highest BCUT2D eigenvalue weighted by atomic mass is 19.1. The zero-order valence-corrected chi connectivity index (χ0v) is 11.4. The normalized spacial score (nSPS) is 18.1. The van der Waals surface area contributed by atoms with Gasteiger partial charge in [-0.05, 0) is 37.5 Å². The lowest BCUT2D eigenvalue weighted by molar-refractivity contribution is 0.445. The van der Waals surface area contributed by atoms with Crippen LogP contribution in [0.1, 0.15) is 35.7 Å². The van der Waals surface area contributed by atoms with E-state index in [4.69, 9.17) is 0 Å². The van der Waals surface area contributed by atoms with E-state index in [2.05, 4.69) is 10.4 Å². The van der Waals surface area contributed by atoms with E-state index in [9.17, 15) is 8.78 Å². The summed E-state index contributed by atoms with van der Waals surface area (Å²) in [6.45, 7) is 0.322. The highest BCUT2D eigenvalue weighted by molar-refractivity contribution is 5.25. The molecule has 0 aliphatic heterocycles. The molecule has 0 fully saturated rings. The van der Waals surface area contributed by atoms with Gasteiger partial charge in [0.1, 0.15) is 11.6 Å². The molecule has 0 saturated heterocycles. The van der Waals surface area contributed by atoms with Crippen molar-refractivity contribution in [1.82, 2.24) is 15.1 Å². The van der Waals surface area contributed by atoms with Gasteiger partial charge < -0.3 is 5.32 Å². The lowest BCUT2D eigenvalue weighted by atomic mass is 9.93. The molecule has 3 nitrogen and oxygen atoms in total. The van der Waals surface area contributed by atoms with Crippen molar-refractivity contribution in [1.29, 1.82) is 0 Å². The van der Waals surface area contributed by atoms with Gasteiger partial charge >= 0.3 is 0 Å². The Kier molecular flexibility index (Phi) is 3.53. The molecule has 1 aliphatic carbocycles. The zero-order valence-electron chi connectivity index (χ0n) is 11.4. The minimum Gasteiger partial charge on any atom is -0.306 e.